The fourth-order valence-electron chi connectivity index (χ4n) is 2.42. The molecular formula is C17H15NO2. The molecule has 0 fully saturated rings. The van der Waals surface area contributed by atoms with Crippen LogP contribution in [-0.2, 0) is 0 Å². The van der Waals surface area contributed by atoms with Gasteiger partial charge in [-0.05, 0) is 42.7 Å². The van der Waals surface area contributed by atoms with Crippen LogP contribution in [0.15, 0.2) is 47.3 Å². The molecule has 0 amide bonds. The molecule has 2 N–H and O–H groups in total. The Labute approximate surface area is 116 Å². The van der Waals surface area contributed by atoms with Crippen LogP contribution < -0.4 is 5.56 Å². The van der Waals surface area contributed by atoms with Gasteiger partial charge in [-0.2, -0.15) is 0 Å². The molecule has 0 aliphatic carbocycles. The second kappa shape index (κ2) is 4.53. The Kier molecular flexibility index (Phi) is 2.83. The number of fused-ring (bicyclic) bond motifs is 1. The van der Waals surface area contributed by atoms with E-state index in [2.05, 4.69) is 4.98 Å². The van der Waals surface area contributed by atoms with Gasteiger partial charge in [0, 0.05) is 5.39 Å². The SMILES string of the molecule is Cc1cc2[nH]c(=O)c(-c3ccccc3)c(O)c2cc1C. The van der Waals surface area contributed by atoms with Crippen molar-refractivity contribution in [2.45, 2.75) is 13.8 Å². The highest BCUT2D eigenvalue weighted by Crippen LogP contribution is 2.32. The lowest BCUT2D eigenvalue weighted by Crippen LogP contribution is -2.09. The number of benzene rings is 2. The maximum atomic E-state index is 12.2. The number of aromatic nitrogens is 1. The van der Waals surface area contributed by atoms with Crippen LogP contribution in [0.5, 0.6) is 5.75 Å². The van der Waals surface area contributed by atoms with E-state index < -0.39 is 0 Å². The number of aromatic hydroxyl groups is 1. The first-order valence-electron chi connectivity index (χ1n) is 6.49. The van der Waals surface area contributed by atoms with Gasteiger partial charge in [0.25, 0.3) is 5.56 Å². The van der Waals surface area contributed by atoms with Crippen molar-refractivity contribution >= 4 is 10.9 Å². The highest BCUT2D eigenvalue weighted by atomic mass is 16.3. The second-order valence-electron chi connectivity index (χ2n) is 5.03. The van der Waals surface area contributed by atoms with E-state index in [4.69, 9.17) is 0 Å². The Morgan fingerprint density at radius 2 is 1.65 bits per heavy atom. The molecule has 0 bridgehead atoms. The van der Waals surface area contributed by atoms with Crippen LogP contribution in [0.1, 0.15) is 11.1 Å². The fourth-order valence-corrected chi connectivity index (χ4v) is 2.42. The lowest BCUT2D eigenvalue weighted by molar-refractivity contribution is 0.482. The zero-order chi connectivity index (χ0) is 14.3. The number of nitrogens with one attached hydrogen (secondary N) is 1. The van der Waals surface area contributed by atoms with E-state index in [1.54, 1.807) is 0 Å². The summed E-state index contributed by atoms with van der Waals surface area (Å²) in [5.41, 5.74) is 3.59. The zero-order valence-electron chi connectivity index (χ0n) is 11.4. The van der Waals surface area contributed by atoms with E-state index in [9.17, 15) is 9.90 Å². The highest BCUT2D eigenvalue weighted by Gasteiger charge is 2.14. The summed E-state index contributed by atoms with van der Waals surface area (Å²) in [6, 6.07) is 13.0. The molecule has 100 valence electrons. The molecule has 1 heterocycles. The Balaban J connectivity index is 2.41. The van der Waals surface area contributed by atoms with Crippen molar-refractivity contribution in [1.29, 1.82) is 0 Å². The van der Waals surface area contributed by atoms with Gasteiger partial charge in [0.1, 0.15) is 5.75 Å². The first-order valence-corrected chi connectivity index (χ1v) is 6.49. The lowest BCUT2D eigenvalue weighted by atomic mass is 10.0. The topological polar surface area (TPSA) is 53.1 Å². The molecule has 1 aromatic heterocycles. The average Bonchev–Trinajstić information content (AvgIpc) is 2.43. The van der Waals surface area contributed by atoms with E-state index in [1.165, 1.54) is 0 Å². The number of hydrogen-bond acceptors (Lipinski definition) is 2. The average molecular weight is 265 g/mol. The molecule has 3 aromatic rings. The molecule has 0 aliphatic rings. The summed E-state index contributed by atoms with van der Waals surface area (Å²) < 4.78 is 0. The maximum absolute atomic E-state index is 12.2. The van der Waals surface area contributed by atoms with Gasteiger partial charge in [0.05, 0.1) is 11.1 Å². The molecule has 0 unspecified atom stereocenters. The molecule has 0 saturated heterocycles. The van der Waals surface area contributed by atoms with Crippen molar-refractivity contribution in [1.82, 2.24) is 4.98 Å². The predicted octanol–water partition coefficient (Wildman–Crippen LogP) is 3.52. The summed E-state index contributed by atoms with van der Waals surface area (Å²) in [6.07, 6.45) is 0. The maximum Gasteiger partial charge on any atom is 0.260 e. The summed E-state index contributed by atoms with van der Waals surface area (Å²) in [5.74, 6) is 0.0399. The second-order valence-corrected chi connectivity index (χ2v) is 5.03. The Morgan fingerprint density at radius 1 is 1.00 bits per heavy atom. The standard InChI is InChI=1S/C17H15NO2/c1-10-8-13-14(9-11(10)2)18-17(20)15(16(13)19)12-6-4-3-5-7-12/h3-9H,1-2H3,(H2,18,19,20). The van der Waals surface area contributed by atoms with Crippen molar-refractivity contribution in [3.8, 4) is 16.9 Å². The van der Waals surface area contributed by atoms with Crippen molar-refractivity contribution in [2.24, 2.45) is 0 Å². The smallest absolute Gasteiger partial charge is 0.260 e. The van der Waals surface area contributed by atoms with Crippen molar-refractivity contribution in [2.75, 3.05) is 0 Å². The van der Waals surface area contributed by atoms with Crippen LogP contribution >= 0.6 is 0 Å². The number of H-pyrrole nitrogens is 1. The lowest BCUT2D eigenvalue weighted by Gasteiger charge is -2.09. The van der Waals surface area contributed by atoms with Gasteiger partial charge in [-0.3, -0.25) is 4.79 Å². The van der Waals surface area contributed by atoms with Crippen molar-refractivity contribution in [3.63, 3.8) is 0 Å². The molecule has 20 heavy (non-hydrogen) atoms. The quantitative estimate of drug-likeness (QED) is 0.707. The van der Waals surface area contributed by atoms with Gasteiger partial charge in [0.2, 0.25) is 0 Å². The van der Waals surface area contributed by atoms with Crippen LogP contribution in [0.25, 0.3) is 22.0 Å². The number of hydrogen-bond donors (Lipinski definition) is 2. The Hall–Kier alpha value is -2.55. The molecule has 0 aliphatic heterocycles. The summed E-state index contributed by atoms with van der Waals surface area (Å²) in [4.78, 5) is 15.1. The molecule has 0 atom stereocenters. The Bertz CT molecular complexity index is 848. The third kappa shape index (κ3) is 1.88. The number of aromatic amines is 1. The van der Waals surface area contributed by atoms with Gasteiger partial charge in [-0.25, -0.2) is 0 Å². The summed E-state index contributed by atoms with van der Waals surface area (Å²) >= 11 is 0. The summed E-state index contributed by atoms with van der Waals surface area (Å²) in [6.45, 7) is 3.97. The van der Waals surface area contributed by atoms with Crippen molar-refractivity contribution in [3.05, 3.63) is 63.9 Å². The molecule has 3 heteroatoms. The highest BCUT2D eigenvalue weighted by molar-refractivity contribution is 5.92. The van der Waals surface area contributed by atoms with E-state index in [1.807, 2.05) is 56.3 Å². The van der Waals surface area contributed by atoms with Crippen LogP contribution in [-0.4, -0.2) is 10.1 Å². The van der Waals surface area contributed by atoms with Crippen LogP contribution in [0.2, 0.25) is 0 Å². The van der Waals surface area contributed by atoms with Crippen molar-refractivity contribution < 1.29 is 5.11 Å². The predicted molar refractivity (Wildman–Crippen MR) is 81.1 cm³/mol. The first-order chi connectivity index (χ1) is 9.58. The van der Waals surface area contributed by atoms with Gasteiger partial charge >= 0.3 is 0 Å². The van der Waals surface area contributed by atoms with Crippen LogP contribution in [0.4, 0.5) is 0 Å². The number of aryl methyl sites for hydroxylation is 2. The third-order valence-corrected chi connectivity index (χ3v) is 3.66. The third-order valence-electron chi connectivity index (χ3n) is 3.66. The summed E-state index contributed by atoms with van der Waals surface area (Å²) in [7, 11) is 0. The monoisotopic (exact) mass is 265 g/mol. The molecule has 0 spiro atoms. The van der Waals surface area contributed by atoms with Crippen LogP contribution in [0, 0.1) is 13.8 Å². The molecule has 0 saturated carbocycles. The molecule has 2 aromatic carbocycles. The normalized spacial score (nSPS) is 10.9. The molecule has 0 radical (unpaired) electrons. The molecule has 3 rings (SSSR count). The van der Waals surface area contributed by atoms with Crippen LogP contribution in [0.3, 0.4) is 0 Å². The number of rotatable bonds is 1. The summed E-state index contributed by atoms with van der Waals surface area (Å²) in [5, 5.41) is 11.2. The van der Waals surface area contributed by atoms with E-state index in [0.717, 1.165) is 11.1 Å². The number of pyridine rings is 1. The largest absolute Gasteiger partial charge is 0.506 e. The first kappa shape index (κ1) is 12.5. The zero-order valence-corrected chi connectivity index (χ0v) is 11.4. The van der Waals surface area contributed by atoms with Gasteiger partial charge in [-0.1, -0.05) is 30.3 Å². The minimum atomic E-state index is -0.274. The van der Waals surface area contributed by atoms with E-state index >= 15 is 0 Å². The molecule has 3 nitrogen and oxygen atoms in total. The van der Waals surface area contributed by atoms with E-state index in [-0.39, 0.29) is 11.3 Å². The van der Waals surface area contributed by atoms with Gasteiger partial charge < -0.3 is 10.1 Å². The fraction of sp³-hybridized carbons (Fsp3) is 0.118. The Morgan fingerprint density at radius 3 is 2.35 bits per heavy atom. The van der Waals surface area contributed by atoms with Gasteiger partial charge in [0.15, 0.2) is 0 Å². The minimum absolute atomic E-state index is 0.0399. The molecular weight excluding hydrogens is 250 g/mol. The van der Waals surface area contributed by atoms with Gasteiger partial charge in [-0.15, -0.1) is 0 Å². The van der Waals surface area contributed by atoms with E-state index in [0.29, 0.717) is 22.0 Å². The minimum Gasteiger partial charge on any atom is -0.506 e.